The summed E-state index contributed by atoms with van der Waals surface area (Å²) in [6.45, 7) is 3.41. The number of aryl methyl sites for hydroxylation is 1. The second-order valence-corrected chi connectivity index (χ2v) is 4.93. The summed E-state index contributed by atoms with van der Waals surface area (Å²) in [5.74, 6) is 0.834. The van der Waals surface area contributed by atoms with Gasteiger partial charge in [0, 0.05) is 32.3 Å². The first-order valence-corrected chi connectivity index (χ1v) is 7.09. The summed E-state index contributed by atoms with van der Waals surface area (Å²) in [6.07, 6.45) is 2.01. The van der Waals surface area contributed by atoms with Crippen molar-refractivity contribution in [2.75, 3.05) is 37.8 Å². The van der Waals surface area contributed by atoms with Gasteiger partial charge in [-0.2, -0.15) is 0 Å². The molecule has 0 radical (unpaired) electrons. The molecule has 3 rings (SSSR count). The number of fused-ring (bicyclic) bond motifs is 1. The third-order valence-corrected chi connectivity index (χ3v) is 3.61. The number of nitrogens with zero attached hydrogens (tertiary/aromatic N) is 4. The Kier molecular flexibility index (Phi) is 4.12. The highest BCUT2D eigenvalue weighted by Gasteiger charge is 2.17. The van der Waals surface area contributed by atoms with Crippen molar-refractivity contribution < 1.29 is 9.84 Å². The molecule has 0 bridgehead atoms. The van der Waals surface area contributed by atoms with E-state index in [0.717, 1.165) is 24.3 Å². The molecule has 7 nitrogen and oxygen atoms in total. The first-order valence-electron chi connectivity index (χ1n) is 7.09. The summed E-state index contributed by atoms with van der Waals surface area (Å²) in [6, 6.07) is 3.31. The van der Waals surface area contributed by atoms with Gasteiger partial charge < -0.3 is 14.7 Å². The van der Waals surface area contributed by atoms with E-state index in [-0.39, 0.29) is 12.2 Å². The van der Waals surface area contributed by atoms with Crippen molar-refractivity contribution in [2.45, 2.75) is 13.0 Å². The minimum absolute atomic E-state index is 0.0459. The molecule has 0 aliphatic carbocycles. The van der Waals surface area contributed by atoms with Crippen LogP contribution < -0.4 is 10.5 Å². The van der Waals surface area contributed by atoms with Crippen LogP contribution in [0.1, 0.15) is 6.42 Å². The van der Waals surface area contributed by atoms with Crippen LogP contribution in [0, 0.1) is 0 Å². The molecule has 7 heteroatoms. The Morgan fingerprint density at radius 3 is 2.81 bits per heavy atom. The Bertz CT molecular complexity index is 679. The quantitative estimate of drug-likeness (QED) is 0.854. The van der Waals surface area contributed by atoms with Crippen LogP contribution in [-0.2, 0) is 11.3 Å². The lowest BCUT2D eigenvalue weighted by Gasteiger charge is -2.28. The SMILES string of the molecule is O=c1ccc2c(N3CCOCC3)ncnc2n1CCCO. The fraction of sp³-hybridized carbons (Fsp3) is 0.500. The van der Waals surface area contributed by atoms with Gasteiger partial charge in [-0.3, -0.25) is 9.36 Å². The Morgan fingerprint density at radius 2 is 2.05 bits per heavy atom. The summed E-state index contributed by atoms with van der Waals surface area (Å²) >= 11 is 0. The van der Waals surface area contributed by atoms with Crippen LogP contribution in [0.4, 0.5) is 5.82 Å². The number of aliphatic hydroxyl groups excluding tert-OH is 1. The van der Waals surface area contributed by atoms with Gasteiger partial charge >= 0.3 is 0 Å². The Labute approximate surface area is 121 Å². The number of anilines is 1. The van der Waals surface area contributed by atoms with Gasteiger partial charge in [0.25, 0.3) is 5.56 Å². The molecule has 2 aromatic rings. The molecule has 3 heterocycles. The zero-order chi connectivity index (χ0) is 14.7. The smallest absolute Gasteiger partial charge is 0.252 e. The highest BCUT2D eigenvalue weighted by atomic mass is 16.5. The average molecular weight is 290 g/mol. The average Bonchev–Trinajstić information content (AvgIpc) is 2.54. The van der Waals surface area contributed by atoms with Crippen molar-refractivity contribution in [3.8, 4) is 0 Å². The van der Waals surface area contributed by atoms with Gasteiger partial charge in [-0.1, -0.05) is 0 Å². The van der Waals surface area contributed by atoms with Gasteiger partial charge in [0.15, 0.2) is 0 Å². The molecule has 21 heavy (non-hydrogen) atoms. The summed E-state index contributed by atoms with van der Waals surface area (Å²) in [7, 11) is 0. The van der Waals surface area contributed by atoms with Crippen LogP contribution in [0.25, 0.3) is 11.0 Å². The van der Waals surface area contributed by atoms with E-state index < -0.39 is 0 Å². The zero-order valence-electron chi connectivity index (χ0n) is 11.7. The first-order chi connectivity index (χ1) is 10.3. The van der Waals surface area contributed by atoms with E-state index in [1.807, 2.05) is 0 Å². The molecule has 112 valence electrons. The number of morpholine rings is 1. The van der Waals surface area contributed by atoms with Gasteiger partial charge in [-0.05, 0) is 12.5 Å². The maximum absolute atomic E-state index is 12.0. The molecular weight excluding hydrogens is 272 g/mol. The molecule has 1 fully saturated rings. The van der Waals surface area contributed by atoms with Gasteiger partial charge in [0.05, 0.1) is 18.6 Å². The molecule has 0 saturated carbocycles. The normalized spacial score (nSPS) is 15.6. The van der Waals surface area contributed by atoms with E-state index >= 15 is 0 Å². The Balaban J connectivity index is 2.08. The van der Waals surface area contributed by atoms with Gasteiger partial charge in [-0.25, -0.2) is 9.97 Å². The Morgan fingerprint density at radius 1 is 1.24 bits per heavy atom. The van der Waals surface area contributed by atoms with Crippen LogP contribution >= 0.6 is 0 Å². The van der Waals surface area contributed by atoms with E-state index in [1.54, 1.807) is 10.6 Å². The molecule has 1 saturated heterocycles. The van der Waals surface area contributed by atoms with Crippen molar-refractivity contribution in [2.24, 2.45) is 0 Å². The zero-order valence-corrected chi connectivity index (χ0v) is 11.7. The van der Waals surface area contributed by atoms with Crippen molar-refractivity contribution in [1.82, 2.24) is 14.5 Å². The third-order valence-electron chi connectivity index (χ3n) is 3.61. The number of aromatic nitrogens is 3. The molecule has 1 N–H and O–H groups in total. The lowest BCUT2D eigenvalue weighted by atomic mass is 10.2. The van der Waals surface area contributed by atoms with E-state index in [9.17, 15) is 4.79 Å². The second-order valence-electron chi connectivity index (χ2n) is 4.93. The number of rotatable bonds is 4. The topological polar surface area (TPSA) is 80.5 Å². The summed E-state index contributed by atoms with van der Waals surface area (Å²) in [5, 5.41) is 9.84. The van der Waals surface area contributed by atoms with Gasteiger partial charge in [-0.15, -0.1) is 0 Å². The monoisotopic (exact) mass is 290 g/mol. The molecule has 0 aromatic carbocycles. The van der Waals surface area contributed by atoms with E-state index in [2.05, 4.69) is 14.9 Å². The molecule has 0 spiro atoms. The lowest BCUT2D eigenvalue weighted by Crippen LogP contribution is -2.37. The number of pyridine rings is 1. The van der Waals surface area contributed by atoms with Crippen LogP contribution in [0.5, 0.6) is 0 Å². The fourth-order valence-electron chi connectivity index (χ4n) is 2.56. The lowest BCUT2D eigenvalue weighted by molar-refractivity contribution is 0.122. The first kappa shape index (κ1) is 14.0. The predicted molar refractivity (Wildman–Crippen MR) is 78.5 cm³/mol. The molecular formula is C14H18N4O3. The van der Waals surface area contributed by atoms with Crippen molar-refractivity contribution >= 4 is 16.9 Å². The Hall–Kier alpha value is -1.99. The summed E-state index contributed by atoms with van der Waals surface area (Å²) in [5.41, 5.74) is 0.509. The predicted octanol–water partition coefficient (Wildman–Crippen LogP) is 0.0105. The van der Waals surface area contributed by atoms with Crippen molar-refractivity contribution in [1.29, 1.82) is 0 Å². The van der Waals surface area contributed by atoms with Crippen LogP contribution in [0.15, 0.2) is 23.3 Å². The van der Waals surface area contributed by atoms with Gasteiger partial charge in [0.2, 0.25) is 0 Å². The largest absolute Gasteiger partial charge is 0.396 e. The van der Waals surface area contributed by atoms with Crippen LogP contribution in [0.2, 0.25) is 0 Å². The van der Waals surface area contributed by atoms with Crippen LogP contribution in [0.3, 0.4) is 0 Å². The standard InChI is InChI=1S/C14H18N4O3/c19-7-1-4-18-12(20)3-2-11-13(15-10-16-14(11)18)17-5-8-21-9-6-17/h2-3,10,19H,1,4-9H2. The van der Waals surface area contributed by atoms with E-state index in [1.165, 1.54) is 12.4 Å². The minimum Gasteiger partial charge on any atom is -0.396 e. The molecule has 0 unspecified atom stereocenters. The highest BCUT2D eigenvalue weighted by Crippen LogP contribution is 2.22. The van der Waals surface area contributed by atoms with E-state index in [4.69, 9.17) is 9.84 Å². The maximum atomic E-state index is 12.0. The fourth-order valence-corrected chi connectivity index (χ4v) is 2.56. The highest BCUT2D eigenvalue weighted by molar-refractivity contribution is 5.87. The molecule has 1 aliphatic heterocycles. The summed E-state index contributed by atoms with van der Waals surface area (Å²) < 4.78 is 6.96. The number of hydrogen-bond acceptors (Lipinski definition) is 6. The molecule has 0 atom stereocenters. The molecule has 2 aromatic heterocycles. The van der Waals surface area contributed by atoms with Crippen LogP contribution in [-0.4, -0.2) is 52.6 Å². The number of hydrogen-bond donors (Lipinski definition) is 1. The number of ether oxygens (including phenoxy) is 1. The van der Waals surface area contributed by atoms with E-state index in [0.29, 0.717) is 31.8 Å². The minimum atomic E-state index is -0.109. The van der Waals surface area contributed by atoms with Gasteiger partial charge in [0.1, 0.15) is 17.8 Å². The third kappa shape index (κ3) is 2.74. The maximum Gasteiger partial charge on any atom is 0.252 e. The molecule has 0 amide bonds. The van der Waals surface area contributed by atoms with Crippen molar-refractivity contribution in [3.63, 3.8) is 0 Å². The second kappa shape index (κ2) is 6.19. The summed E-state index contributed by atoms with van der Waals surface area (Å²) in [4.78, 5) is 22.8. The number of aliphatic hydroxyl groups is 1. The van der Waals surface area contributed by atoms with Crippen molar-refractivity contribution in [3.05, 3.63) is 28.8 Å². The molecule has 1 aliphatic rings.